The molecular formula is C29H32F4O. The molecule has 3 aliphatic carbocycles. The van der Waals surface area contributed by atoms with Crippen LogP contribution in [0.4, 0.5) is 17.6 Å². The van der Waals surface area contributed by atoms with Gasteiger partial charge in [-0.05, 0) is 71.1 Å². The molecule has 0 aromatic heterocycles. The van der Waals surface area contributed by atoms with Gasteiger partial charge in [0.25, 0.3) is 0 Å². The summed E-state index contributed by atoms with van der Waals surface area (Å²) >= 11 is 0. The number of hydrogen-bond acceptors (Lipinski definition) is 1. The summed E-state index contributed by atoms with van der Waals surface area (Å²) in [5.41, 5.74) is 2.08. The third kappa shape index (κ3) is 5.08. The molecule has 182 valence electrons. The molecule has 0 N–H and O–H groups in total. The van der Waals surface area contributed by atoms with Crippen molar-refractivity contribution in [3.05, 3.63) is 83.4 Å². The molecule has 5 heteroatoms. The fraction of sp³-hybridized carbons (Fsp3) is 0.448. The first-order valence-corrected chi connectivity index (χ1v) is 12.2. The molecular weight excluding hydrogens is 440 g/mol. The van der Waals surface area contributed by atoms with E-state index in [0.717, 1.165) is 32.1 Å². The van der Waals surface area contributed by atoms with Crippen molar-refractivity contribution in [3.8, 4) is 0 Å². The molecule has 3 aliphatic rings. The minimum Gasteiger partial charge on any atom is -0.466 e. The minimum absolute atomic E-state index is 0.0748. The summed E-state index contributed by atoms with van der Waals surface area (Å²) in [7, 11) is 0. The molecule has 34 heavy (non-hydrogen) atoms. The first-order chi connectivity index (χ1) is 16.4. The highest BCUT2D eigenvalue weighted by atomic mass is 19.2. The van der Waals surface area contributed by atoms with Crippen LogP contribution in [0.15, 0.2) is 72.2 Å². The summed E-state index contributed by atoms with van der Waals surface area (Å²) in [5.74, 6) is 0.680. The van der Waals surface area contributed by atoms with Crippen LogP contribution in [0.25, 0.3) is 11.1 Å². The summed E-state index contributed by atoms with van der Waals surface area (Å²) in [6.07, 6.45) is 6.90. The van der Waals surface area contributed by atoms with Gasteiger partial charge in [-0.1, -0.05) is 69.2 Å². The second-order valence-electron chi connectivity index (χ2n) is 9.52. The van der Waals surface area contributed by atoms with Gasteiger partial charge in [0.15, 0.2) is 24.7 Å². The highest BCUT2D eigenvalue weighted by Gasteiger charge is 2.36. The second-order valence-corrected chi connectivity index (χ2v) is 9.52. The van der Waals surface area contributed by atoms with Crippen LogP contribution in [-0.2, 0) is 4.74 Å². The lowest BCUT2D eigenvalue weighted by molar-refractivity contribution is 0.170. The van der Waals surface area contributed by atoms with E-state index < -0.39 is 24.7 Å². The summed E-state index contributed by atoms with van der Waals surface area (Å²) in [4.78, 5) is 0. The molecule has 4 rings (SSSR count). The van der Waals surface area contributed by atoms with Crippen LogP contribution in [0.1, 0.15) is 57.1 Å². The Bertz CT molecular complexity index is 1010. The van der Waals surface area contributed by atoms with Gasteiger partial charge in [0.1, 0.15) is 5.76 Å². The fourth-order valence-electron chi connectivity index (χ4n) is 5.00. The molecule has 1 fully saturated rings. The van der Waals surface area contributed by atoms with Crippen molar-refractivity contribution < 1.29 is 22.3 Å². The molecule has 0 spiro atoms. The van der Waals surface area contributed by atoms with Crippen molar-refractivity contribution in [3.63, 3.8) is 0 Å². The van der Waals surface area contributed by atoms with E-state index in [1.807, 2.05) is 6.92 Å². The van der Waals surface area contributed by atoms with E-state index in [9.17, 15) is 8.78 Å². The predicted molar refractivity (Wildman–Crippen MR) is 130 cm³/mol. The van der Waals surface area contributed by atoms with E-state index in [-0.39, 0.29) is 22.8 Å². The molecule has 1 aromatic rings. The number of rotatable bonds is 6. The van der Waals surface area contributed by atoms with Crippen molar-refractivity contribution in [2.24, 2.45) is 11.8 Å². The molecule has 0 saturated heterocycles. The van der Waals surface area contributed by atoms with Gasteiger partial charge in [-0.3, -0.25) is 0 Å². The van der Waals surface area contributed by atoms with Gasteiger partial charge in [-0.15, -0.1) is 0 Å². The van der Waals surface area contributed by atoms with Crippen LogP contribution in [0, 0.1) is 11.8 Å². The number of hydrogen-bond donors (Lipinski definition) is 0. The molecule has 0 heterocycles. The molecule has 1 aromatic carbocycles. The van der Waals surface area contributed by atoms with Crippen molar-refractivity contribution in [1.82, 2.24) is 0 Å². The first-order valence-electron chi connectivity index (χ1n) is 12.2. The number of ether oxygens (including phenoxy) is 1. The number of benzene rings is 1. The summed E-state index contributed by atoms with van der Waals surface area (Å²) in [6.45, 7) is 4.12. The van der Waals surface area contributed by atoms with E-state index in [2.05, 4.69) is 6.92 Å². The van der Waals surface area contributed by atoms with E-state index >= 15 is 8.78 Å². The minimum atomic E-state index is -1.91. The average molecular weight is 473 g/mol. The standard InChI is InChI=1S/C29H32F4O/c1-3-4-17-34-25-16-15-24(28(32)29(25)33)21-11-9-20(10-12-21)23-14-13-22(26(30)27(23)31)19-7-5-18(2)6-8-19/h4,9-19,26-29H,3,5-8H2,1-2H3/b17-4-. The highest BCUT2D eigenvalue weighted by Crippen LogP contribution is 2.41. The van der Waals surface area contributed by atoms with Gasteiger partial charge in [0, 0.05) is 0 Å². The molecule has 4 atom stereocenters. The highest BCUT2D eigenvalue weighted by molar-refractivity contribution is 5.77. The van der Waals surface area contributed by atoms with Gasteiger partial charge >= 0.3 is 0 Å². The molecule has 1 saturated carbocycles. The third-order valence-corrected chi connectivity index (χ3v) is 7.16. The number of alkyl halides is 4. The van der Waals surface area contributed by atoms with Crippen molar-refractivity contribution in [2.75, 3.05) is 0 Å². The van der Waals surface area contributed by atoms with Crippen LogP contribution in [-0.4, -0.2) is 24.7 Å². The van der Waals surface area contributed by atoms with Crippen LogP contribution >= 0.6 is 0 Å². The lowest BCUT2D eigenvalue weighted by Crippen LogP contribution is -2.29. The summed E-state index contributed by atoms with van der Waals surface area (Å²) in [6, 6.07) is 6.53. The average Bonchev–Trinajstić information content (AvgIpc) is 2.85. The van der Waals surface area contributed by atoms with Crippen molar-refractivity contribution >= 4 is 11.1 Å². The zero-order chi connectivity index (χ0) is 24.2. The van der Waals surface area contributed by atoms with Gasteiger partial charge < -0.3 is 4.74 Å². The molecule has 0 radical (unpaired) electrons. The maximum Gasteiger partial charge on any atom is 0.193 e. The van der Waals surface area contributed by atoms with Crippen molar-refractivity contribution in [2.45, 2.75) is 70.6 Å². The van der Waals surface area contributed by atoms with E-state index in [4.69, 9.17) is 4.74 Å². The Balaban J connectivity index is 1.52. The van der Waals surface area contributed by atoms with Gasteiger partial charge in [-0.25, -0.2) is 17.6 Å². The topological polar surface area (TPSA) is 9.23 Å². The SMILES string of the molecule is CC/C=C\OC1=CC=C(c2ccc(C3=CC=C(C4CCC(C)CC4)C(F)C3F)cc2)C(F)C1F. The normalized spacial score (nSPS) is 32.1. The quantitative estimate of drug-likeness (QED) is 0.298. The Morgan fingerprint density at radius 2 is 1.32 bits per heavy atom. The predicted octanol–water partition coefficient (Wildman–Crippen LogP) is 8.41. The van der Waals surface area contributed by atoms with Crippen LogP contribution in [0.3, 0.4) is 0 Å². The van der Waals surface area contributed by atoms with Crippen LogP contribution in [0.5, 0.6) is 0 Å². The second kappa shape index (κ2) is 10.8. The zero-order valence-corrected chi connectivity index (χ0v) is 19.7. The number of halogens is 4. The van der Waals surface area contributed by atoms with E-state index in [1.54, 1.807) is 42.5 Å². The fourth-order valence-corrected chi connectivity index (χ4v) is 5.00. The number of allylic oxidation sites excluding steroid dienone is 9. The Hall–Kier alpha value is -2.56. The lowest BCUT2D eigenvalue weighted by Gasteiger charge is -2.33. The molecule has 0 aliphatic heterocycles. The van der Waals surface area contributed by atoms with E-state index in [1.165, 1.54) is 18.4 Å². The Morgan fingerprint density at radius 3 is 1.91 bits per heavy atom. The Morgan fingerprint density at radius 1 is 0.765 bits per heavy atom. The summed E-state index contributed by atoms with van der Waals surface area (Å²) < 4.78 is 64.7. The monoisotopic (exact) mass is 472 g/mol. The maximum absolute atomic E-state index is 15.1. The maximum atomic E-state index is 15.1. The molecule has 1 nitrogen and oxygen atoms in total. The zero-order valence-electron chi connectivity index (χ0n) is 19.7. The Kier molecular flexibility index (Phi) is 7.80. The van der Waals surface area contributed by atoms with Crippen molar-refractivity contribution in [1.29, 1.82) is 0 Å². The van der Waals surface area contributed by atoms with Gasteiger partial charge in [0.05, 0.1) is 6.26 Å². The summed E-state index contributed by atoms with van der Waals surface area (Å²) in [5, 5.41) is 0. The third-order valence-electron chi connectivity index (χ3n) is 7.16. The van der Waals surface area contributed by atoms with Gasteiger partial charge in [-0.2, -0.15) is 0 Å². The molecule has 4 unspecified atom stereocenters. The largest absolute Gasteiger partial charge is 0.466 e. The van der Waals surface area contributed by atoms with Crippen LogP contribution < -0.4 is 0 Å². The first kappa shape index (κ1) is 24.6. The molecule has 0 bridgehead atoms. The van der Waals surface area contributed by atoms with Gasteiger partial charge in [0.2, 0.25) is 0 Å². The molecule has 0 amide bonds. The van der Waals surface area contributed by atoms with E-state index in [0.29, 0.717) is 22.6 Å². The smallest absolute Gasteiger partial charge is 0.193 e. The Labute approximate surface area is 199 Å². The lowest BCUT2D eigenvalue weighted by atomic mass is 9.75. The van der Waals surface area contributed by atoms with Crippen LogP contribution in [0.2, 0.25) is 0 Å².